The van der Waals surface area contributed by atoms with Crippen molar-refractivity contribution in [2.24, 2.45) is 10.9 Å². The number of nitrogens with one attached hydrogen (secondary N) is 1. The number of ether oxygens (including phenoxy) is 1. The molecule has 23 heavy (non-hydrogen) atoms. The van der Waals surface area contributed by atoms with Crippen LogP contribution < -0.4 is 10.1 Å². The van der Waals surface area contributed by atoms with Gasteiger partial charge in [0.2, 0.25) is 0 Å². The van der Waals surface area contributed by atoms with Gasteiger partial charge in [0.25, 0.3) is 0 Å². The molecule has 1 saturated carbocycles. The Hall–Kier alpha value is -1.05. The second-order valence-corrected chi connectivity index (χ2v) is 5.78. The summed E-state index contributed by atoms with van der Waals surface area (Å²) in [5, 5.41) is 3.48. The van der Waals surface area contributed by atoms with Gasteiger partial charge >= 0.3 is 0 Å². The molecule has 0 aromatic heterocycles. The Labute approximate surface area is 155 Å². The number of halogens is 2. The number of hydrogen-bond donors (Lipinski definition) is 1. The van der Waals surface area contributed by atoms with Crippen LogP contribution in [-0.4, -0.2) is 44.1 Å². The molecule has 0 saturated heterocycles. The quantitative estimate of drug-likeness (QED) is 0.405. The molecule has 4 nitrogen and oxygen atoms in total. The third-order valence-electron chi connectivity index (χ3n) is 3.99. The van der Waals surface area contributed by atoms with Gasteiger partial charge in [-0.1, -0.05) is 25.5 Å². The van der Waals surface area contributed by atoms with Crippen LogP contribution in [0.4, 0.5) is 4.39 Å². The van der Waals surface area contributed by atoms with E-state index in [4.69, 9.17) is 4.74 Å². The molecule has 2 atom stereocenters. The maximum Gasteiger partial charge on any atom is 0.193 e. The predicted molar refractivity (Wildman–Crippen MR) is 103 cm³/mol. The summed E-state index contributed by atoms with van der Waals surface area (Å²) in [6.45, 7) is 3.29. The van der Waals surface area contributed by atoms with Crippen molar-refractivity contribution in [3.63, 3.8) is 0 Å². The van der Waals surface area contributed by atoms with Gasteiger partial charge in [0, 0.05) is 20.1 Å². The smallest absolute Gasteiger partial charge is 0.193 e. The molecular formula is C17H27FIN3O. The fourth-order valence-corrected chi connectivity index (χ4v) is 2.59. The highest BCUT2D eigenvalue weighted by Crippen LogP contribution is 2.34. The summed E-state index contributed by atoms with van der Waals surface area (Å²) >= 11 is 0. The molecule has 6 heteroatoms. The van der Waals surface area contributed by atoms with Crippen LogP contribution in [-0.2, 0) is 0 Å². The van der Waals surface area contributed by atoms with Crippen molar-refractivity contribution in [1.29, 1.82) is 0 Å². The standard InChI is InChI=1S/C17H26FN3O.HI/c1-4-7-13-12-15(13)20-17(19-2)21(3)10-11-22-16-9-6-5-8-14(16)18;/h5-6,8-9,13,15H,4,7,10-12H2,1-3H3,(H,19,20);1H. The molecular weight excluding hydrogens is 408 g/mol. The monoisotopic (exact) mass is 435 g/mol. The molecule has 0 bridgehead atoms. The Morgan fingerprint density at radius 1 is 1.43 bits per heavy atom. The van der Waals surface area contributed by atoms with E-state index in [9.17, 15) is 4.39 Å². The fourth-order valence-electron chi connectivity index (χ4n) is 2.59. The largest absolute Gasteiger partial charge is 0.489 e. The van der Waals surface area contributed by atoms with Crippen molar-refractivity contribution in [1.82, 2.24) is 10.2 Å². The van der Waals surface area contributed by atoms with E-state index in [1.54, 1.807) is 25.2 Å². The van der Waals surface area contributed by atoms with Crippen LogP contribution in [0.15, 0.2) is 29.3 Å². The van der Waals surface area contributed by atoms with E-state index >= 15 is 0 Å². The average molecular weight is 435 g/mol. The van der Waals surface area contributed by atoms with Gasteiger partial charge < -0.3 is 15.0 Å². The Morgan fingerprint density at radius 3 is 2.83 bits per heavy atom. The van der Waals surface area contributed by atoms with E-state index in [-0.39, 0.29) is 29.8 Å². The Morgan fingerprint density at radius 2 is 2.17 bits per heavy atom. The maximum atomic E-state index is 13.5. The van der Waals surface area contributed by atoms with Gasteiger partial charge in [0.05, 0.1) is 6.54 Å². The van der Waals surface area contributed by atoms with Gasteiger partial charge in [-0.3, -0.25) is 4.99 Å². The van der Waals surface area contributed by atoms with E-state index in [2.05, 4.69) is 17.2 Å². The number of guanidine groups is 1. The van der Waals surface area contributed by atoms with Crippen LogP contribution in [0.3, 0.4) is 0 Å². The number of aliphatic imine (C=N–C) groups is 1. The second-order valence-electron chi connectivity index (χ2n) is 5.78. The topological polar surface area (TPSA) is 36.9 Å². The van der Waals surface area contributed by atoms with Crippen LogP contribution in [0, 0.1) is 11.7 Å². The lowest BCUT2D eigenvalue weighted by Gasteiger charge is -2.22. The van der Waals surface area contributed by atoms with Crippen molar-refractivity contribution >= 4 is 29.9 Å². The number of benzene rings is 1. The minimum Gasteiger partial charge on any atom is -0.489 e. The minimum absolute atomic E-state index is 0. The Kier molecular flexibility index (Phi) is 8.65. The molecule has 2 rings (SSSR count). The molecule has 0 spiro atoms. The number of hydrogen-bond acceptors (Lipinski definition) is 2. The van der Waals surface area contributed by atoms with Crippen molar-refractivity contribution in [2.75, 3.05) is 27.2 Å². The van der Waals surface area contributed by atoms with Crippen LogP contribution in [0.25, 0.3) is 0 Å². The molecule has 1 aromatic rings. The van der Waals surface area contributed by atoms with Gasteiger partial charge in [-0.2, -0.15) is 0 Å². The van der Waals surface area contributed by atoms with Crippen molar-refractivity contribution in [2.45, 2.75) is 32.2 Å². The van der Waals surface area contributed by atoms with Gasteiger partial charge in [0.1, 0.15) is 6.61 Å². The molecule has 0 radical (unpaired) electrons. The minimum atomic E-state index is -0.326. The van der Waals surface area contributed by atoms with Crippen LogP contribution in [0.1, 0.15) is 26.2 Å². The molecule has 2 unspecified atom stereocenters. The van der Waals surface area contributed by atoms with E-state index in [0.717, 1.165) is 11.9 Å². The first-order valence-electron chi connectivity index (χ1n) is 7.97. The zero-order valence-corrected chi connectivity index (χ0v) is 16.4. The van der Waals surface area contributed by atoms with E-state index in [0.29, 0.717) is 24.9 Å². The lowest BCUT2D eigenvalue weighted by atomic mass is 10.2. The van der Waals surface area contributed by atoms with Crippen LogP contribution >= 0.6 is 24.0 Å². The zero-order valence-electron chi connectivity index (χ0n) is 14.1. The summed E-state index contributed by atoms with van der Waals surface area (Å²) in [7, 11) is 3.75. The molecule has 1 aliphatic carbocycles. The maximum absolute atomic E-state index is 13.5. The molecule has 1 N–H and O–H groups in total. The lowest BCUT2D eigenvalue weighted by molar-refractivity contribution is 0.270. The fraction of sp³-hybridized carbons (Fsp3) is 0.588. The molecule has 0 amide bonds. The summed E-state index contributed by atoms with van der Waals surface area (Å²) < 4.78 is 18.9. The highest BCUT2D eigenvalue weighted by atomic mass is 127. The third-order valence-corrected chi connectivity index (χ3v) is 3.99. The molecule has 1 aliphatic rings. The summed E-state index contributed by atoms with van der Waals surface area (Å²) in [6, 6.07) is 7.02. The van der Waals surface area contributed by atoms with E-state index in [1.807, 2.05) is 11.9 Å². The van der Waals surface area contributed by atoms with Gasteiger partial charge in [0.15, 0.2) is 17.5 Å². The number of rotatable bonds is 7. The molecule has 1 fully saturated rings. The van der Waals surface area contributed by atoms with Crippen LogP contribution in [0.2, 0.25) is 0 Å². The number of likely N-dealkylation sites (N-methyl/N-ethyl adjacent to an activating group) is 1. The molecule has 0 heterocycles. The number of nitrogens with zero attached hydrogens (tertiary/aromatic N) is 2. The first kappa shape index (κ1) is 20.0. The van der Waals surface area contributed by atoms with E-state index in [1.165, 1.54) is 25.3 Å². The summed E-state index contributed by atoms with van der Waals surface area (Å²) in [6.07, 6.45) is 3.73. The summed E-state index contributed by atoms with van der Waals surface area (Å²) in [5.74, 6) is 1.63. The Bertz CT molecular complexity index is 512. The van der Waals surface area contributed by atoms with Gasteiger partial charge in [-0.05, 0) is 30.9 Å². The summed E-state index contributed by atoms with van der Waals surface area (Å²) in [5.41, 5.74) is 0. The highest BCUT2D eigenvalue weighted by Gasteiger charge is 2.36. The second kappa shape index (κ2) is 9.95. The number of para-hydroxylation sites is 1. The van der Waals surface area contributed by atoms with Gasteiger partial charge in [-0.15, -0.1) is 24.0 Å². The van der Waals surface area contributed by atoms with E-state index < -0.39 is 0 Å². The first-order chi connectivity index (χ1) is 10.7. The SMILES string of the molecule is CCCC1CC1NC(=NC)N(C)CCOc1ccccc1F.I. The van der Waals surface area contributed by atoms with Crippen molar-refractivity contribution < 1.29 is 9.13 Å². The average Bonchev–Trinajstić information content (AvgIpc) is 3.25. The first-order valence-corrected chi connectivity index (χ1v) is 7.97. The third kappa shape index (κ3) is 6.16. The van der Waals surface area contributed by atoms with Crippen LogP contribution in [0.5, 0.6) is 5.75 Å². The highest BCUT2D eigenvalue weighted by molar-refractivity contribution is 14.0. The molecule has 1 aromatic carbocycles. The normalized spacial score (nSPS) is 19.7. The van der Waals surface area contributed by atoms with Crippen molar-refractivity contribution in [3.8, 4) is 5.75 Å². The predicted octanol–water partition coefficient (Wildman–Crippen LogP) is 3.52. The molecule has 130 valence electrons. The van der Waals surface area contributed by atoms with Crippen molar-refractivity contribution in [3.05, 3.63) is 30.1 Å². The zero-order chi connectivity index (χ0) is 15.9. The molecule has 0 aliphatic heterocycles. The van der Waals surface area contributed by atoms with Gasteiger partial charge in [-0.25, -0.2) is 4.39 Å². The summed E-state index contributed by atoms with van der Waals surface area (Å²) in [4.78, 5) is 6.32. The lowest BCUT2D eigenvalue weighted by Crippen LogP contribution is -2.42. The Balaban J connectivity index is 0.00000264.